The monoisotopic (exact) mass is 522 g/mol. The minimum Gasteiger partial charge on any atom is -0.388 e. The highest BCUT2D eigenvalue weighted by molar-refractivity contribution is 5.27. The number of nitrogens with one attached hydrogen (secondary N) is 1. The van der Waals surface area contributed by atoms with Gasteiger partial charge < -0.3 is 11.1 Å². The van der Waals surface area contributed by atoms with Crippen molar-refractivity contribution in [3.05, 3.63) is 24.4 Å². The van der Waals surface area contributed by atoms with Crippen LogP contribution in [-0.4, -0.2) is 13.1 Å². The van der Waals surface area contributed by atoms with Crippen molar-refractivity contribution < 1.29 is 0 Å². The zero-order chi connectivity index (χ0) is 27.7. The number of rotatable bonds is 7. The van der Waals surface area contributed by atoms with Crippen LogP contribution < -0.4 is 11.1 Å². The van der Waals surface area contributed by atoms with E-state index in [2.05, 4.69) is 60.4 Å². The fourth-order valence-electron chi connectivity index (χ4n) is 12.8. The third-order valence-electron chi connectivity index (χ3n) is 15.5. The molecule has 0 radical (unpaired) electrons. The van der Waals surface area contributed by atoms with Crippen molar-refractivity contribution in [3.63, 3.8) is 0 Å². The molecule has 0 aliphatic heterocycles. The van der Waals surface area contributed by atoms with Gasteiger partial charge in [0.1, 0.15) is 0 Å². The molecule has 5 rings (SSSR count). The van der Waals surface area contributed by atoms with Gasteiger partial charge in [-0.3, -0.25) is 0 Å². The molecule has 2 nitrogen and oxygen atoms in total. The lowest BCUT2D eigenvalue weighted by atomic mass is 9.31. The van der Waals surface area contributed by atoms with Gasteiger partial charge in [-0.2, -0.15) is 0 Å². The maximum absolute atomic E-state index is 5.85. The van der Waals surface area contributed by atoms with Crippen molar-refractivity contribution in [1.82, 2.24) is 5.32 Å². The second-order valence-electron chi connectivity index (χ2n) is 16.2. The van der Waals surface area contributed by atoms with Crippen LogP contribution in [0.3, 0.4) is 0 Å². The molecule has 0 aromatic carbocycles. The molecule has 0 aromatic rings. The average molecular weight is 523 g/mol. The lowest BCUT2D eigenvalue weighted by molar-refractivity contribution is -0.241. The molecule has 1 unspecified atom stereocenters. The first-order valence-corrected chi connectivity index (χ1v) is 16.6. The molecule has 216 valence electrons. The molecular formula is C36H62N2. The summed E-state index contributed by atoms with van der Waals surface area (Å²) in [4.78, 5) is 0. The Hall–Kier alpha value is -0.760. The minimum absolute atomic E-state index is 0.244. The molecule has 5 saturated carbocycles. The van der Waals surface area contributed by atoms with Crippen LogP contribution in [0.2, 0.25) is 0 Å². The molecule has 5 aliphatic rings. The van der Waals surface area contributed by atoms with Crippen molar-refractivity contribution in [3.8, 4) is 0 Å². The van der Waals surface area contributed by atoms with Crippen LogP contribution in [0.1, 0.15) is 126 Å². The predicted octanol–water partition coefficient (Wildman–Crippen LogP) is 9.12. The van der Waals surface area contributed by atoms with Gasteiger partial charge in [-0.25, -0.2) is 0 Å². The fraction of sp³-hybridized carbons (Fsp3) is 0.889. The average Bonchev–Trinajstić information content (AvgIpc) is 3.28. The van der Waals surface area contributed by atoms with Crippen LogP contribution in [-0.2, 0) is 0 Å². The molecule has 5 fully saturated rings. The number of hydrogen-bond acceptors (Lipinski definition) is 2. The van der Waals surface area contributed by atoms with Gasteiger partial charge in [0.15, 0.2) is 0 Å². The summed E-state index contributed by atoms with van der Waals surface area (Å²) in [6, 6.07) is 0. The van der Waals surface area contributed by atoms with Crippen molar-refractivity contribution in [2.24, 2.45) is 68.3 Å². The number of fused-ring (bicyclic) bond motifs is 7. The molecule has 5 aliphatic carbocycles. The van der Waals surface area contributed by atoms with Gasteiger partial charge in [-0.15, -0.1) is 0 Å². The lowest BCUT2D eigenvalue weighted by Gasteiger charge is -2.73. The van der Waals surface area contributed by atoms with E-state index < -0.39 is 0 Å². The van der Waals surface area contributed by atoms with Crippen LogP contribution >= 0.6 is 0 Å². The second kappa shape index (κ2) is 9.66. The Morgan fingerprint density at radius 2 is 1.61 bits per heavy atom. The quantitative estimate of drug-likeness (QED) is 0.258. The number of allylic oxidation sites excluding steroid dienone is 2. The third kappa shape index (κ3) is 3.66. The topological polar surface area (TPSA) is 38.0 Å². The molecule has 0 aromatic heterocycles. The molecule has 11 atom stereocenters. The Balaban J connectivity index is 1.51. The first-order valence-electron chi connectivity index (χ1n) is 16.6. The maximum atomic E-state index is 5.85. The van der Waals surface area contributed by atoms with Gasteiger partial charge in [0, 0.05) is 17.7 Å². The zero-order valence-electron chi connectivity index (χ0n) is 26.4. The van der Waals surface area contributed by atoms with Gasteiger partial charge in [0.25, 0.3) is 0 Å². The summed E-state index contributed by atoms with van der Waals surface area (Å²) in [5.41, 5.74) is 10.7. The van der Waals surface area contributed by atoms with E-state index in [9.17, 15) is 0 Å². The Morgan fingerprint density at radius 1 is 0.868 bits per heavy atom. The predicted molar refractivity (Wildman–Crippen MR) is 164 cm³/mol. The summed E-state index contributed by atoms with van der Waals surface area (Å²) >= 11 is 0. The van der Waals surface area contributed by atoms with Crippen LogP contribution in [0.25, 0.3) is 0 Å². The summed E-state index contributed by atoms with van der Waals surface area (Å²) < 4.78 is 0. The number of nitrogens with two attached hydrogens (primary N) is 1. The molecule has 3 N–H and O–H groups in total. The summed E-state index contributed by atoms with van der Waals surface area (Å²) in [5, 5.41) is 3.81. The van der Waals surface area contributed by atoms with Gasteiger partial charge in [0.2, 0.25) is 0 Å². The molecule has 38 heavy (non-hydrogen) atoms. The molecule has 2 heteroatoms. The SMILES string of the molecule is C=C(C)[C@@H]1CC[C@]2(C(=C)NCCCN)CC[C@]3(C)C(CC[C@@H]4[C@@]5(C)CC[C@H](C)[C@@](C)(CC)[C@@H]5CC[C@]43C)[C@@H]12. The highest BCUT2D eigenvalue weighted by Crippen LogP contribution is 2.78. The van der Waals surface area contributed by atoms with Crippen LogP contribution in [0.15, 0.2) is 24.4 Å². The van der Waals surface area contributed by atoms with Crippen molar-refractivity contribution in [2.75, 3.05) is 13.1 Å². The van der Waals surface area contributed by atoms with Gasteiger partial charge >= 0.3 is 0 Å². The molecule has 0 bridgehead atoms. The first-order chi connectivity index (χ1) is 17.9. The summed E-state index contributed by atoms with van der Waals surface area (Å²) in [6.07, 6.45) is 16.3. The fourth-order valence-corrected chi connectivity index (χ4v) is 12.8. The van der Waals surface area contributed by atoms with E-state index >= 15 is 0 Å². The van der Waals surface area contributed by atoms with Crippen molar-refractivity contribution in [1.29, 1.82) is 0 Å². The standard InChI is InChI=1S/C36H62N2/c1-10-32(6)25(4)14-17-33(7)29(32)16-18-35(9)30(33)13-12-28-31-27(24(2)3)15-19-36(31,21-20-34(28,35)8)26(5)38-23-11-22-37/h25,27-31,38H,2,5,10-23,37H2,1,3-4,6-9H3/t25-,27-,28?,29-,30+,31+,32+,33-,34+,35+,36+/m0/s1. The second-order valence-corrected chi connectivity index (χ2v) is 16.2. The molecule has 0 spiro atoms. The van der Waals surface area contributed by atoms with E-state index in [1.54, 1.807) is 0 Å². The minimum atomic E-state index is 0.244. The van der Waals surface area contributed by atoms with Gasteiger partial charge in [0.05, 0.1) is 0 Å². The Morgan fingerprint density at radius 3 is 2.26 bits per heavy atom. The largest absolute Gasteiger partial charge is 0.388 e. The first kappa shape index (κ1) is 28.8. The van der Waals surface area contributed by atoms with E-state index in [0.717, 1.165) is 43.2 Å². The van der Waals surface area contributed by atoms with E-state index in [0.29, 0.717) is 33.5 Å². The smallest absolute Gasteiger partial charge is 0.0155 e. The summed E-state index contributed by atoms with van der Waals surface area (Å²) in [6.45, 7) is 29.4. The molecule has 0 saturated heterocycles. The van der Waals surface area contributed by atoms with Crippen LogP contribution in [0.5, 0.6) is 0 Å². The maximum Gasteiger partial charge on any atom is 0.0155 e. The van der Waals surface area contributed by atoms with Crippen LogP contribution in [0.4, 0.5) is 0 Å². The van der Waals surface area contributed by atoms with Crippen molar-refractivity contribution >= 4 is 0 Å². The van der Waals surface area contributed by atoms with Crippen LogP contribution in [0, 0.1) is 62.6 Å². The molecule has 0 heterocycles. The van der Waals surface area contributed by atoms with Crippen molar-refractivity contribution in [2.45, 2.75) is 126 Å². The Bertz CT molecular complexity index is 938. The normalized spacial score (nSPS) is 51.8. The van der Waals surface area contributed by atoms with Gasteiger partial charge in [-0.05, 0) is 141 Å². The van der Waals surface area contributed by atoms with E-state index in [1.165, 1.54) is 81.9 Å². The lowest BCUT2D eigenvalue weighted by Crippen LogP contribution is -2.66. The highest BCUT2D eigenvalue weighted by atomic mass is 14.9. The van der Waals surface area contributed by atoms with Gasteiger partial charge in [-0.1, -0.05) is 66.7 Å². The highest BCUT2D eigenvalue weighted by Gasteiger charge is 2.71. The van der Waals surface area contributed by atoms with E-state index in [1.807, 2.05) is 0 Å². The Labute approximate surface area is 236 Å². The summed E-state index contributed by atoms with van der Waals surface area (Å²) in [5.74, 6) is 4.77. The molecular weight excluding hydrogens is 460 g/mol. The third-order valence-corrected chi connectivity index (χ3v) is 15.5. The van der Waals surface area contributed by atoms with E-state index in [-0.39, 0.29) is 5.41 Å². The summed E-state index contributed by atoms with van der Waals surface area (Å²) in [7, 11) is 0. The molecule has 0 amide bonds. The zero-order valence-corrected chi connectivity index (χ0v) is 26.4. The Kier molecular flexibility index (Phi) is 7.31. The van der Waals surface area contributed by atoms with E-state index in [4.69, 9.17) is 12.3 Å². The number of hydrogen-bond donors (Lipinski definition) is 2.